The van der Waals surface area contributed by atoms with Crippen LogP contribution in [-0.2, 0) is 4.79 Å². The summed E-state index contributed by atoms with van der Waals surface area (Å²) in [5.74, 6) is -0.817. The predicted molar refractivity (Wildman–Crippen MR) is 73.5 cm³/mol. The van der Waals surface area contributed by atoms with E-state index in [2.05, 4.69) is 10.5 Å². The van der Waals surface area contributed by atoms with Gasteiger partial charge in [0.05, 0.1) is 11.3 Å². The van der Waals surface area contributed by atoms with Gasteiger partial charge < -0.3 is 19.7 Å². The van der Waals surface area contributed by atoms with E-state index in [1.54, 1.807) is 32.0 Å². The number of carboxylic acids is 1. The summed E-state index contributed by atoms with van der Waals surface area (Å²) >= 11 is 0. The lowest BCUT2D eigenvalue weighted by molar-refractivity contribution is -0.118. The van der Waals surface area contributed by atoms with E-state index < -0.39 is 11.9 Å². The fourth-order valence-electron chi connectivity index (χ4n) is 1.79. The van der Waals surface area contributed by atoms with Crippen molar-refractivity contribution in [2.45, 2.75) is 13.8 Å². The lowest BCUT2D eigenvalue weighted by Gasteiger charge is -2.10. The van der Waals surface area contributed by atoms with Crippen molar-refractivity contribution in [2.24, 2.45) is 0 Å². The smallest absolute Gasteiger partial charge is 0.338 e. The Kier molecular flexibility index (Phi) is 4.22. The maximum atomic E-state index is 11.8. The molecule has 0 unspecified atom stereocenters. The number of aryl methyl sites for hydroxylation is 2. The number of carbonyl (C=O) groups excluding carboxylic acids is 1. The molecule has 2 aromatic rings. The molecular formula is C14H14N2O5. The van der Waals surface area contributed by atoms with Crippen LogP contribution >= 0.6 is 0 Å². The van der Waals surface area contributed by atoms with Gasteiger partial charge in [-0.05, 0) is 30.6 Å². The molecule has 1 heterocycles. The zero-order chi connectivity index (χ0) is 15.4. The molecular weight excluding hydrogens is 276 g/mol. The van der Waals surface area contributed by atoms with Crippen LogP contribution in [0.4, 0.5) is 5.69 Å². The van der Waals surface area contributed by atoms with E-state index in [1.165, 1.54) is 6.07 Å². The van der Waals surface area contributed by atoms with Gasteiger partial charge >= 0.3 is 5.97 Å². The molecule has 0 saturated carbocycles. The largest absolute Gasteiger partial charge is 0.478 e. The summed E-state index contributed by atoms with van der Waals surface area (Å²) in [6.07, 6.45) is 0. The monoisotopic (exact) mass is 290 g/mol. The lowest BCUT2D eigenvalue weighted by atomic mass is 10.1. The number of rotatable bonds is 5. The second kappa shape index (κ2) is 6.08. The van der Waals surface area contributed by atoms with Gasteiger partial charge in [0.25, 0.3) is 11.8 Å². The Bertz CT molecular complexity index is 678. The van der Waals surface area contributed by atoms with Crippen LogP contribution in [0.5, 0.6) is 5.88 Å². The fourth-order valence-corrected chi connectivity index (χ4v) is 1.79. The van der Waals surface area contributed by atoms with Gasteiger partial charge in [0.15, 0.2) is 6.61 Å². The van der Waals surface area contributed by atoms with Crippen LogP contribution in [0.3, 0.4) is 0 Å². The van der Waals surface area contributed by atoms with Crippen LogP contribution < -0.4 is 10.1 Å². The molecule has 0 spiro atoms. The highest BCUT2D eigenvalue weighted by Crippen LogP contribution is 2.19. The van der Waals surface area contributed by atoms with E-state index >= 15 is 0 Å². The van der Waals surface area contributed by atoms with Gasteiger partial charge in [-0.3, -0.25) is 4.79 Å². The fraction of sp³-hybridized carbons (Fsp3) is 0.214. The van der Waals surface area contributed by atoms with Crippen molar-refractivity contribution in [2.75, 3.05) is 11.9 Å². The van der Waals surface area contributed by atoms with Gasteiger partial charge in [-0.25, -0.2) is 4.79 Å². The first-order valence-electron chi connectivity index (χ1n) is 6.16. The number of nitrogens with one attached hydrogen (secondary N) is 1. The van der Waals surface area contributed by atoms with Crippen LogP contribution in [0, 0.1) is 13.8 Å². The highest BCUT2D eigenvalue weighted by Gasteiger charge is 2.15. The number of aromatic carboxylic acids is 1. The summed E-state index contributed by atoms with van der Waals surface area (Å²) < 4.78 is 9.92. The standard InChI is InChI=1S/C14H14N2O5/c1-8-4-3-5-10(13(8)14(18)19)15-11(17)7-20-12-6-9(2)21-16-12/h3-6H,7H2,1-2H3,(H,15,17)(H,18,19). The first kappa shape index (κ1) is 14.6. The van der Waals surface area contributed by atoms with Gasteiger partial charge in [-0.1, -0.05) is 12.1 Å². The van der Waals surface area contributed by atoms with Crippen LogP contribution in [-0.4, -0.2) is 28.7 Å². The molecule has 7 nitrogen and oxygen atoms in total. The average molecular weight is 290 g/mol. The Balaban J connectivity index is 2.03. The Hall–Kier alpha value is -2.83. The third kappa shape index (κ3) is 3.59. The predicted octanol–water partition coefficient (Wildman–Crippen LogP) is 2.01. The third-order valence-electron chi connectivity index (χ3n) is 2.72. The Morgan fingerprint density at radius 2 is 2.14 bits per heavy atom. The van der Waals surface area contributed by atoms with Crippen molar-refractivity contribution in [1.82, 2.24) is 5.16 Å². The summed E-state index contributed by atoms with van der Waals surface area (Å²) in [7, 11) is 0. The maximum Gasteiger partial charge on any atom is 0.338 e. The first-order valence-corrected chi connectivity index (χ1v) is 6.16. The lowest BCUT2D eigenvalue weighted by Crippen LogP contribution is -2.22. The van der Waals surface area contributed by atoms with E-state index in [0.717, 1.165) is 0 Å². The second-order valence-electron chi connectivity index (χ2n) is 4.42. The summed E-state index contributed by atoms with van der Waals surface area (Å²) in [4.78, 5) is 23.0. The van der Waals surface area contributed by atoms with Crippen LogP contribution in [0.15, 0.2) is 28.8 Å². The number of carbonyl (C=O) groups is 2. The Morgan fingerprint density at radius 1 is 1.38 bits per heavy atom. The van der Waals surface area contributed by atoms with E-state index in [9.17, 15) is 9.59 Å². The molecule has 1 aromatic carbocycles. The Labute approximate surface area is 120 Å². The van der Waals surface area contributed by atoms with E-state index in [1.807, 2.05) is 0 Å². The second-order valence-corrected chi connectivity index (χ2v) is 4.42. The van der Waals surface area contributed by atoms with Crippen molar-refractivity contribution in [3.63, 3.8) is 0 Å². The molecule has 1 aromatic heterocycles. The van der Waals surface area contributed by atoms with Gasteiger partial charge in [-0.2, -0.15) is 0 Å². The summed E-state index contributed by atoms with van der Waals surface area (Å²) in [5, 5.41) is 15.3. The Morgan fingerprint density at radius 3 is 2.76 bits per heavy atom. The van der Waals surface area contributed by atoms with Crippen molar-refractivity contribution in [3.05, 3.63) is 41.2 Å². The molecule has 2 N–H and O–H groups in total. The molecule has 1 amide bonds. The average Bonchev–Trinajstić information content (AvgIpc) is 2.82. The zero-order valence-corrected chi connectivity index (χ0v) is 11.5. The third-order valence-corrected chi connectivity index (χ3v) is 2.72. The highest BCUT2D eigenvalue weighted by atomic mass is 16.5. The summed E-state index contributed by atoms with van der Waals surface area (Å²) in [5.41, 5.74) is 0.851. The van der Waals surface area contributed by atoms with Gasteiger partial charge in [0, 0.05) is 6.07 Å². The number of aromatic nitrogens is 1. The minimum atomic E-state index is -1.10. The molecule has 0 aliphatic heterocycles. The number of anilines is 1. The molecule has 0 aliphatic carbocycles. The maximum absolute atomic E-state index is 11.8. The zero-order valence-electron chi connectivity index (χ0n) is 11.5. The quantitative estimate of drug-likeness (QED) is 0.873. The number of hydrogen-bond donors (Lipinski definition) is 2. The molecule has 0 radical (unpaired) electrons. The molecule has 7 heteroatoms. The van der Waals surface area contributed by atoms with Crippen LogP contribution in [0.2, 0.25) is 0 Å². The topological polar surface area (TPSA) is 102 Å². The number of benzene rings is 1. The molecule has 110 valence electrons. The molecule has 0 atom stereocenters. The van der Waals surface area contributed by atoms with E-state index in [-0.39, 0.29) is 23.7 Å². The minimum Gasteiger partial charge on any atom is -0.478 e. The summed E-state index contributed by atoms with van der Waals surface area (Å²) in [6, 6.07) is 6.39. The molecule has 0 saturated heterocycles. The molecule has 0 bridgehead atoms. The molecule has 0 aliphatic rings. The van der Waals surface area contributed by atoms with E-state index in [0.29, 0.717) is 11.3 Å². The van der Waals surface area contributed by atoms with Crippen LogP contribution in [0.1, 0.15) is 21.7 Å². The van der Waals surface area contributed by atoms with Gasteiger partial charge in [-0.15, -0.1) is 0 Å². The minimum absolute atomic E-state index is 0.0585. The van der Waals surface area contributed by atoms with Crippen molar-refractivity contribution < 1.29 is 24.0 Å². The SMILES string of the molecule is Cc1cc(OCC(=O)Nc2cccc(C)c2C(=O)O)no1. The first-order chi connectivity index (χ1) is 9.97. The number of nitrogens with zero attached hydrogens (tertiary/aromatic N) is 1. The van der Waals surface area contributed by atoms with Gasteiger partial charge in [0.2, 0.25) is 0 Å². The van der Waals surface area contributed by atoms with Crippen molar-refractivity contribution >= 4 is 17.6 Å². The summed E-state index contributed by atoms with van der Waals surface area (Å²) in [6.45, 7) is 3.07. The van der Waals surface area contributed by atoms with Crippen LogP contribution in [0.25, 0.3) is 0 Å². The molecule has 21 heavy (non-hydrogen) atoms. The van der Waals surface area contributed by atoms with E-state index in [4.69, 9.17) is 14.4 Å². The number of hydrogen-bond acceptors (Lipinski definition) is 5. The van der Waals surface area contributed by atoms with Crippen molar-refractivity contribution in [3.8, 4) is 5.88 Å². The normalized spacial score (nSPS) is 10.2. The molecule has 0 fully saturated rings. The van der Waals surface area contributed by atoms with Crippen molar-refractivity contribution in [1.29, 1.82) is 0 Å². The number of amides is 1. The molecule has 2 rings (SSSR count). The van der Waals surface area contributed by atoms with Gasteiger partial charge in [0.1, 0.15) is 5.76 Å². The number of ether oxygens (including phenoxy) is 1. The number of carboxylic acid groups (broad SMARTS) is 1. The highest BCUT2D eigenvalue weighted by molar-refractivity contribution is 6.01.